The lowest BCUT2D eigenvalue weighted by molar-refractivity contribution is 0.0696. The summed E-state index contributed by atoms with van der Waals surface area (Å²) >= 11 is 0. The van der Waals surface area contributed by atoms with E-state index in [1.807, 2.05) is 6.07 Å². The van der Waals surface area contributed by atoms with E-state index in [0.29, 0.717) is 24.3 Å². The van der Waals surface area contributed by atoms with E-state index in [2.05, 4.69) is 10.3 Å². The molecular formula is C12H13N3O2. The van der Waals surface area contributed by atoms with E-state index in [1.54, 1.807) is 6.07 Å². The van der Waals surface area contributed by atoms with Gasteiger partial charge >= 0.3 is 0 Å². The fourth-order valence-corrected chi connectivity index (χ4v) is 1.78. The molecule has 2 heterocycles. The molecule has 17 heavy (non-hydrogen) atoms. The zero-order valence-electron chi connectivity index (χ0n) is 9.35. The Hall–Kier alpha value is -1.93. The van der Waals surface area contributed by atoms with Crippen molar-refractivity contribution < 1.29 is 9.53 Å². The summed E-state index contributed by atoms with van der Waals surface area (Å²) in [5, 5.41) is 11.8. The highest BCUT2D eigenvalue weighted by molar-refractivity contribution is 5.96. The smallest absolute Gasteiger partial charge is 0.254 e. The summed E-state index contributed by atoms with van der Waals surface area (Å²) in [6.07, 6.45) is 4.55. The lowest BCUT2D eigenvalue weighted by Crippen LogP contribution is -2.39. The zero-order chi connectivity index (χ0) is 12.1. The molecule has 0 aliphatic carbocycles. The zero-order valence-corrected chi connectivity index (χ0v) is 9.35. The van der Waals surface area contributed by atoms with Crippen LogP contribution in [0.4, 0.5) is 0 Å². The molecule has 1 saturated heterocycles. The standard InChI is InChI=1S/C12H13N3O2/c13-7-9-1-4-14-8-11(9)12(16)15-10-2-5-17-6-3-10/h1,4,8,10H,2-3,5-6H2,(H,15,16). The van der Waals surface area contributed by atoms with Crippen LogP contribution in [-0.2, 0) is 4.74 Å². The Morgan fingerprint density at radius 2 is 2.29 bits per heavy atom. The van der Waals surface area contributed by atoms with E-state index in [9.17, 15) is 4.79 Å². The van der Waals surface area contributed by atoms with Crippen molar-refractivity contribution >= 4 is 5.91 Å². The van der Waals surface area contributed by atoms with Gasteiger partial charge in [0.05, 0.1) is 11.1 Å². The Labute approximate surface area is 99.4 Å². The normalized spacial score (nSPS) is 16.2. The Kier molecular flexibility index (Phi) is 3.68. The van der Waals surface area contributed by atoms with Gasteiger partial charge in [-0.05, 0) is 18.9 Å². The second-order valence-electron chi connectivity index (χ2n) is 3.89. The third-order valence-corrected chi connectivity index (χ3v) is 2.74. The maximum Gasteiger partial charge on any atom is 0.254 e. The summed E-state index contributed by atoms with van der Waals surface area (Å²) in [7, 11) is 0. The van der Waals surface area contributed by atoms with Crippen LogP contribution in [0.2, 0.25) is 0 Å². The van der Waals surface area contributed by atoms with Crippen molar-refractivity contribution in [3.8, 4) is 6.07 Å². The molecule has 1 N–H and O–H groups in total. The van der Waals surface area contributed by atoms with E-state index in [0.717, 1.165) is 12.8 Å². The number of nitriles is 1. The van der Waals surface area contributed by atoms with Gasteiger partial charge in [0.2, 0.25) is 0 Å². The molecule has 1 aliphatic heterocycles. The van der Waals surface area contributed by atoms with Crippen LogP contribution in [0.3, 0.4) is 0 Å². The summed E-state index contributed by atoms with van der Waals surface area (Å²) in [6, 6.07) is 3.66. The molecule has 0 spiro atoms. The number of ether oxygens (including phenoxy) is 1. The highest BCUT2D eigenvalue weighted by Gasteiger charge is 2.18. The summed E-state index contributed by atoms with van der Waals surface area (Å²) in [6.45, 7) is 1.34. The molecule has 5 nitrogen and oxygen atoms in total. The molecule has 1 aromatic rings. The molecule has 0 atom stereocenters. The number of amides is 1. The third-order valence-electron chi connectivity index (χ3n) is 2.74. The maximum atomic E-state index is 11.9. The quantitative estimate of drug-likeness (QED) is 0.819. The average molecular weight is 231 g/mol. The molecule has 1 aromatic heterocycles. The highest BCUT2D eigenvalue weighted by Crippen LogP contribution is 2.09. The minimum absolute atomic E-state index is 0.128. The first kappa shape index (κ1) is 11.6. The van der Waals surface area contributed by atoms with Gasteiger partial charge in [-0.15, -0.1) is 0 Å². The molecule has 88 valence electrons. The SMILES string of the molecule is N#Cc1ccncc1C(=O)NC1CCOCC1. The first-order chi connectivity index (χ1) is 8.31. The van der Waals surface area contributed by atoms with Gasteiger partial charge in [0.1, 0.15) is 6.07 Å². The fraction of sp³-hybridized carbons (Fsp3) is 0.417. The Morgan fingerprint density at radius 3 is 3.00 bits per heavy atom. The van der Waals surface area contributed by atoms with E-state index >= 15 is 0 Å². The molecule has 0 aromatic carbocycles. The topological polar surface area (TPSA) is 75.0 Å². The summed E-state index contributed by atoms with van der Waals surface area (Å²) < 4.78 is 5.22. The van der Waals surface area contributed by atoms with Crippen molar-refractivity contribution in [3.63, 3.8) is 0 Å². The van der Waals surface area contributed by atoms with Crippen LogP contribution in [0.1, 0.15) is 28.8 Å². The van der Waals surface area contributed by atoms with Crippen molar-refractivity contribution in [2.75, 3.05) is 13.2 Å². The van der Waals surface area contributed by atoms with Crippen LogP contribution in [0, 0.1) is 11.3 Å². The number of pyridine rings is 1. The van der Waals surface area contributed by atoms with Gasteiger partial charge in [0.25, 0.3) is 5.91 Å². The van der Waals surface area contributed by atoms with Crippen LogP contribution >= 0.6 is 0 Å². The summed E-state index contributed by atoms with van der Waals surface area (Å²) in [4.78, 5) is 15.8. The fourth-order valence-electron chi connectivity index (χ4n) is 1.78. The Balaban J connectivity index is 2.06. The van der Waals surface area contributed by atoms with Gasteiger partial charge < -0.3 is 10.1 Å². The maximum absolute atomic E-state index is 11.9. The van der Waals surface area contributed by atoms with Crippen molar-refractivity contribution in [3.05, 3.63) is 29.6 Å². The lowest BCUT2D eigenvalue weighted by atomic mass is 10.1. The minimum Gasteiger partial charge on any atom is -0.381 e. The summed E-state index contributed by atoms with van der Waals surface area (Å²) in [5.41, 5.74) is 0.686. The number of hydrogen-bond donors (Lipinski definition) is 1. The molecule has 1 amide bonds. The van der Waals surface area contributed by atoms with Gasteiger partial charge in [-0.25, -0.2) is 0 Å². The van der Waals surface area contributed by atoms with E-state index in [4.69, 9.17) is 10.00 Å². The molecule has 5 heteroatoms. The van der Waals surface area contributed by atoms with E-state index < -0.39 is 0 Å². The van der Waals surface area contributed by atoms with E-state index in [1.165, 1.54) is 12.4 Å². The van der Waals surface area contributed by atoms with Crippen LogP contribution in [0.5, 0.6) is 0 Å². The van der Waals surface area contributed by atoms with Crippen LogP contribution in [-0.4, -0.2) is 30.1 Å². The molecule has 1 fully saturated rings. The van der Waals surface area contributed by atoms with Gasteiger partial charge in [0.15, 0.2) is 0 Å². The minimum atomic E-state index is -0.235. The molecule has 0 radical (unpaired) electrons. The molecule has 0 saturated carbocycles. The number of hydrogen-bond acceptors (Lipinski definition) is 4. The molecular weight excluding hydrogens is 218 g/mol. The van der Waals surface area contributed by atoms with Crippen LogP contribution in [0.25, 0.3) is 0 Å². The molecule has 2 rings (SSSR count). The van der Waals surface area contributed by atoms with Gasteiger partial charge in [-0.3, -0.25) is 9.78 Å². The van der Waals surface area contributed by atoms with Crippen molar-refractivity contribution in [1.29, 1.82) is 5.26 Å². The van der Waals surface area contributed by atoms with Crippen LogP contribution in [0.15, 0.2) is 18.5 Å². The van der Waals surface area contributed by atoms with E-state index in [-0.39, 0.29) is 11.9 Å². The Morgan fingerprint density at radius 1 is 1.53 bits per heavy atom. The first-order valence-corrected chi connectivity index (χ1v) is 5.54. The Bertz CT molecular complexity index is 447. The predicted octanol–water partition coefficient (Wildman–Crippen LogP) is 0.862. The molecule has 1 aliphatic rings. The van der Waals surface area contributed by atoms with Crippen LogP contribution < -0.4 is 5.32 Å². The number of aromatic nitrogens is 1. The largest absolute Gasteiger partial charge is 0.381 e. The van der Waals surface area contributed by atoms with Crippen molar-refractivity contribution in [1.82, 2.24) is 10.3 Å². The number of nitrogens with one attached hydrogen (secondary N) is 1. The van der Waals surface area contributed by atoms with Gasteiger partial charge in [-0.2, -0.15) is 5.26 Å². The predicted molar refractivity (Wildman–Crippen MR) is 60.3 cm³/mol. The lowest BCUT2D eigenvalue weighted by Gasteiger charge is -2.23. The molecule has 0 bridgehead atoms. The monoisotopic (exact) mass is 231 g/mol. The number of carbonyl (C=O) groups is 1. The second kappa shape index (κ2) is 5.41. The molecule has 0 unspecified atom stereocenters. The first-order valence-electron chi connectivity index (χ1n) is 5.54. The number of carbonyl (C=O) groups excluding carboxylic acids is 1. The second-order valence-corrected chi connectivity index (χ2v) is 3.89. The number of rotatable bonds is 2. The summed E-state index contributed by atoms with van der Waals surface area (Å²) in [5.74, 6) is -0.235. The average Bonchev–Trinajstić information content (AvgIpc) is 2.40. The van der Waals surface area contributed by atoms with Gasteiger partial charge in [-0.1, -0.05) is 0 Å². The third kappa shape index (κ3) is 2.80. The highest BCUT2D eigenvalue weighted by atomic mass is 16.5. The van der Waals surface area contributed by atoms with Gasteiger partial charge in [0, 0.05) is 31.6 Å². The number of nitrogens with zero attached hydrogens (tertiary/aromatic N) is 2. The van der Waals surface area contributed by atoms with Crippen molar-refractivity contribution in [2.45, 2.75) is 18.9 Å². The van der Waals surface area contributed by atoms with Crippen molar-refractivity contribution in [2.24, 2.45) is 0 Å².